The summed E-state index contributed by atoms with van der Waals surface area (Å²) < 4.78 is 1.98. The monoisotopic (exact) mass is 283 g/mol. The van der Waals surface area contributed by atoms with E-state index < -0.39 is 6.04 Å². The average Bonchev–Trinajstić information content (AvgIpc) is 3.04. The van der Waals surface area contributed by atoms with Gasteiger partial charge < -0.3 is 14.8 Å². The van der Waals surface area contributed by atoms with E-state index in [0.29, 0.717) is 18.7 Å². The molecule has 0 saturated carbocycles. The maximum absolute atomic E-state index is 12.5. The number of hydrogen-bond donors (Lipinski definition) is 1. The lowest BCUT2D eigenvalue weighted by molar-refractivity contribution is -0.127. The fraction of sp³-hybridized carbons (Fsp3) is 0.250. The summed E-state index contributed by atoms with van der Waals surface area (Å²) in [6.45, 7) is 2.81. The predicted molar refractivity (Wildman–Crippen MR) is 79.3 cm³/mol. The van der Waals surface area contributed by atoms with E-state index in [1.54, 1.807) is 24.0 Å². The van der Waals surface area contributed by atoms with Gasteiger partial charge in [0.25, 0.3) is 5.91 Å². The Balaban J connectivity index is 1.80. The lowest BCUT2D eigenvalue weighted by Gasteiger charge is -2.32. The summed E-state index contributed by atoms with van der Waals surface area (Å²) in [5, 5.41) is 2.76. The molecule has 1 aliphatic heterocycles. The van der Waals surface area contributed by atoms with Gasteiger partial charge in [-0.25, -0.2) is 0 Å². The molecule has 3 rings (SSSR count). The van der Waals surface area contributed by atoms with Crippen LogP contribution in [0.4, 0.5) is 0 Å². The zero-order chi connectivity index (χ0) is 14.8. The number of amides is 2. The quantitative estimate of drug-likeness (QED) is 0.906. The number of benzene rings is 1. The number of piperazine rings is 1. The Hall–Kier alpha value is -2.56. The largest absolute Gasteiger partial charge is 0.353 e. The van der Waals surface area contributed by atoms with Gasteiger partial charge in [-0.2, -0.15) is 0 Å². The average molecular weight is 283 g/mol. The first-order chi connectivity index (χ1) is 10.2. The molecule has 108 valence electrons. The van der Waals surface area contributed by atoms with Gasteiger partial charge in [-0.15, -0.1) is 0 Å². The van der Waals surface area contributed by atoms with Crippen molar-refractivity contribution < 1.29 is 9.59 Å². The Morgan fingerprint density at radius 1 is 1.19 bits per heavy atom. The molecule has 0 radical (unpaired) electrons. The van der Waals surface area contributed by atoms with Gasteiger partial charge in [0.2, 0.25) is 5.91 Å². The van der Waals surface area contributed by atoms with E-state index in [1.165, 1.54) is 0 Å². The molecule has 1 saturated heterocycles. The van der Waals surface area contributed by atoms with Crippen molar-refractivity contribution in [3.8, 4) is 5.69 Å². The number of rotatable bonds is 2. The van der Waals surface area contributed by atoms with Crippen molar-refractivity contribution in [1.82, 2.24) is 14.8 Å². The zero-order valence-electron chi connectivity index (χ0n) is 11.8. The molecule has 2 amide bonds. The molecule has 2 heterocycles. The molecule has 1 aromatic carbocycles. The van der Waals surface area contributed by atoms with Crippen molar-refractivity contribution in [3.63, 3.8) is 0 Å². The fourth-order valence-electron chi connectivity index (χ4n) is 2.51. The van der Waals surface area contributed by atoms with Crippen molar-refractivity contribution in [2.45, 2.75) is 13.0 Å². The maximum atomic E-state index is 12.5. The Kier molecular flexibility index (Phi) is 3.48. The number of aromatic nitrogens is 1. The molecule has 1 fully saturated rings. The van der Waals surface area contributed by atoms with Gasteiger partial charge in [-0.1, -0.05) is 0 Å². The number of nitrogens with zero attached hydrogens (tertiary/aromatic N) is 2. The smallest absolute Gasteiger partial charge is 0.254 e. The summed E-state index contributed by atoms with van der Waals surface area (Å²) in [4.78, 5) is 25.7. The van der Waals surface area contributed by atoms with E-state index >= 15 is 0 Å². The Bertz CT molecular complexity index is 647. The van der Waals surface area contributed by atoms with Crippen molar-refractivity contribution in [2.24, 2.45) is 0 Å². The van der Waals surface area contributed by atoms with E-state index in [1.807, 2.05) is 41.2 Å². The highest BCUT2D eigenvalue weighted by atomic mass is 16.2. The fourth-order valence-corrected chi connectivity index (χ4v) is 2.51. The Morgan fingerprint density at radius 3 is 2.52 bits per heavy atom. The van der Waals surface area contributed by atoms with Crippen LogP contribution < -0.4 is 5.32 Å². The van der Waals surface area contributed by atoms with E-state index in [0.717, 1.165) is 5.69 Å². The Morgan fingerprint density at radius 2 is 1.86 bits per heavy atom. The van der Waals surface area contributed by atoms with Crippen LogP contribution in [0.2, 0.25) is 0 Å². The van der Waals surface area contributed by atoms with Gasteiger partial charge in [-0.05, 0) is 43.3 Å². The van der Waals surface area contributed by atoms with Crippen LogP contribution in [0.5, 0.6) is 0 Å². The second-order valence-electron chi connectivity index (χ2n) is 5.10. The molecule has 0 aliphatic carbocycles. The van der Waals surface area contributed by atoms with Gasteiger partial charge in [0.15, 0.2) is 0 Å². The molecule has 1 aliphatic rings. The SMILES string of the molecule is CC1C(=O)NCCN1C(=O)c1ccc(-n2cccc2)cc1. The third-order valence-corrected chi connectivity index (χ3v) is 3.78. The second kappa shape index (κ2) is 5.44. The molecule has 2 aromatic rings. The van der Waals surface area contributed by atoms with E-state index in [4.69, 9.17) is 0 Å². The third-order valence-electron chi connectivity index (χ3n) is 3.78. The predicted octanol–water partition coefficient (Wildman–Crippen LogP) is 1.44. The van der Waals surface area contributed by atoms with Crippen molar-refractivity contribution in [1.29, 1.82) is 0 Å². The molecule has 0 bridgehead atoms. The van der Waals surface area contributed by atoms with Gasteiger partial charge in [0.05, 0.1) is 0 Å². The van der Waals surface area contributed by atoms with Crippen LogP contribution in [0.25, 0.3) is 5.69 Å². The molecular weight excluding hydrogens is 266 g/mol. The van der Waals surface area contributed by atoms with E-state index in [2.05, 4.69) is 5.32 Å². The summed E-state index contributed by atoms with van der Waals surface area (Å²) >= 11 is 0. The van der Waals surface area contributed by atoms with Gasteiger partial charge in [0.1, 0.15) is 6.04 Å². The molecule has 1 unspecified atom stereocenters. The van der Waals surface area contributed by atoms with Crippen molar-refractivity contribution >= 4 is 11.8 Å². The summed E-state index contributed by atoms with van der Waals surface area (Å²) in [6.07, 6.45) is 3.90. The second-order valence-corrected chi connectivity index (χ2v) is 5.10. The van der Waals surface area contributed by atoms with E-state index in [9.17, 15) is 9.59 Å². The minimum absolute atomic E-state index is 0.0986. The number of carbonyl (C=O) groups excluding carboxylic acids is 2. The summed E-state index contributed by atoms with van der Waals surface area (Å²) in [5.41, 5.74) is 1.61. The molecule has 5 heteroatoms. The summed E-state index contributed by atoms with van der Waals surface area (Å²) in [6, 6.07) is 10.9. The Labute approximate surface area is 123 Å². The zero-order valence-corrected chi connectivity index (χ0v) is 11.8. The van der Waals surface area contributed by atoms with Crippen LogP contribution >= 0.6 is 0 Å². The number of carbonyl (C=O) groups is 2. The molecule has 1 N–H and O–H groups in total. The number of hydrogen-bond acceptors (Lipinski definition) is 2. The highest BCUT2D eigenvalue weighted by molar-refractivity contribution is 5.98. The topological polar surface area (TPSA) is 54.3 Å². The molecular formula is C16H17N3O2. The molecule has 5 nitrogen and oxygen atoms in total. The summed E-state index contributed by atoms with van der Waals surface area (Å²) in [5.74, 6) is -0.199. The normalized spacial score (nSPS) is 18.4. The summed E-state index contributed by atoms with van der Waals surface area (Å²) in [7, 11) is 0. The van der Waals surface area contributed by atoms with Crippen molar-refractivity contribution in [3.05, 3.63) is 54.4 Å². The van der Waals surface area contributed by atoms with Gasteiger partial charge >= 0.3 is 0 Å². The van der Waals surface area contributed by atoms with Crippen LogP contribution in [0.15, 0.2) is 48.8 Å². The van der Waals surface area contributed by atoms with Crippen LogP contribution in [0.1, 0.15) is 17.3 Å². The lowest BCUT2D eigenvalue weighted by Crippen LogP contribution is -2.55. The van der Waals surface area contributed by atoms with Crippen LogP contribution in [-0.4, -0.2) is 40.4 Å². The highest BCUT2D eigenvalue weighted by Gasteiger charge is 2.29. The first kappa shape index (κ1) is 13.4. The van der Waals surface area contributed by atoms with Gasteiger partial charge in [0, 0.05) is 36.7 Å². The van der Waals surface area contributed by atoms with Crippen LogP contribution in [0.3, 0.4) is 0 Å². The lowest BCUT2D eigenvalue weighted by atomic mass is 10.1. The number of nitrogens with one attached hydrogen (secondary N) is 1. The first-order valence-corrected chi connectivity index (χ1v) is 6.99. The standard InChI is InChI=1S/C16H17N3O2/c1-12-15(20)17-8-11-19(12)16(21)13-4-6-14(7-5-13)18-9-2-3-10-18/h2-7,9-10,12H,8,11H2,1H3,(H,17,20). The maximum Gasteiger partial charge on any atom is 0.254 e. The molecule has 1 atom stereocenters. The van der Waals surface area contributed by atoms with E-state index in [-0.39, 0.29) is 11.8 Å². The third kappa shape index (κ3) is 2.54. The molecule has 0 spiro atoms. The van der Waals surface area contributed by atoms with Crippen molar-refractivity contribution in [2.75, 3.05) is 13.1 Å². The minimum Gasteiger partial charge on any atom is -0.353 e. The highest BCUT2D eigenvalue weighted by Crippen LogP contribution is 2.14. The van der Waals surface area contributed by atoms with Crippen LogP contribution in [0, 0.1) is 0 Å². The molecule has 1 aromatic heterocycles. The molecule has 21 heavy (non-hydrogen) atoms. The first-order valence-electron chi connectivity index (χ1n) is 6.99. The minimum atomic E-state index is -0.421. The van der Waals surface area contributed by atoms with Gasteiger partial charge in [-0.3, -0.25) is 9.59 Å². The van der Waals surface area contributed by atoms with Crippen LogP contribution in [-0.2, 0) is 4.79 Å².